The molecular weight excluding hydrogens is 320 g/mol. The number of aromatic nitrogens is 3. The number of hydrogen-bond acceptors (Lipinski definition) is 5. The maximum Gasteiger partial charge on any atom is 0.232 e. The predicted octanol–water partition coefficient (Wildman–Crippen LogP) is 3.54. The molecule has 0 radical (unpaired) electrons. The molecule has 0 fully saturated rings. The molecule has 100 valence electrons. The van der Waals surface area contributed by atoms with Gasteiger partial charge in [-0.05, 0) is 28.1 Å². The van der Waals surface area contributed by atoms with Gasteiger partial charge >= 0.3 is 0 Å². The van der Waals surface area contributed by atoms with Gasteiger partial charge in [0.15, 0.2) is 0 Å². The highest BCUT2D eigenvalue weighted by atomic mass is 79.9. The summed E-state index contributed by atoms with van der Waals surface area (Å²) in [6.45, 7) is 0. The highest BCUT2D eigenvalue weighted by molar-refractivity contribution is 9.10. The summed E-state index contributed by atoms with van der Waals surface area (Å²) in [4.78, 5) is 12.6. The Morgan fingerprint density at radius 1 is 1.20 bits per heavy atom. The molecule has 0 bridgehead atoms. The molecular formula is C14H11BrN4O. The zero-order valence-corrected chi connectivity index (χ0v) is 12.3. The van der Waals surface area contributed by atoms with Crippen molar-refractivity contribution >= 4 is 38.3 Å². The first-order valence-corrected chi connectivity index (χ1v) is 6.73. The van der Waals surface area contributed by atoms with Crippen LogP contribution in [0.2, 0.25) is 0 Å². The fourth-order valence-electron chi connectivity index (χ4n) is 1.91. The molecule has 0 aliphatic heterocycles. The van der Waals surface area contributed by atoms with Crippen molar-refractivity contribution in [3.05, 3.63) is 47.3 Å². The van der Waals surface area contributed by atoms with E-state index >= 15 is 0 Å². The van der Waals surface area contributed by atoms with Crippen LogP contribution in [0, 0.1) is 0 Å². The highest BCUT2D eigenvalue weighted by Crippen LogP contribution is 2.27. The number of nitrogens with one attached hydrogen (secondary N) is 1. The Hall–Kier alpha value is -2.21. The van der Waals surface area contributed by atoms with E-state index in [4.69, 9.17) is 4.74 Å². The number of fused-ring (bicyclic) bond motifs is 1. The molecule has 2 aromatic heterocycles. The van der Waals surface area contributed by atoms with E-state index in [9.17, 15) is 0 Å². The van der Waals surface area contributed by atoms with E-state index in [-0.39, 0.29) is 0 Å². The lowest BCUT2D eigenvalue weighted by Gasteiger charge is -2.09. The number of anilines is 2. The van der Waals surface area contributed by atoms with Crippen LogP contribution >= 0.6 is 15.9 Å². The monoisotopic (exact) mass is 330 g/mol. The number of nitrogens with zero attached hydrogens (tertiary/aromatic N) is 3. The average Bonchev–Trinajstić information content (AvgIpc) is 2.49. The van der Waals surface area contributed by atoms with Crippen LogP contribution in [0.15, 0.2) is 47.3 Å². The summed E-state index contributed by atoms with van der Waals surface area (Å²) in [6, 6.07) is 7.90. The minimum atomic E-state index is 0.481. The molecule has 0 amide bonds. The van der Waals surface area contributed by atoms with E-state index in [0.717, 1.165) is 16.5 Å². The molecule has 0 aliphatic rings. The number of pyridine rings is 1. The van der Waals surface area contributed by atoms with Gasteiger partial charge in [-0.15, -0.1) is 0 Å². The lowest BCUT2D eigenvalue weighted by molar-refractivity contribution is 0.394. The molecule has 1 aromatic carbocycles. The molecule has 6 heteroatoms. The summed E-state index contributed by atoms with van der Waals surface area (Å²) in [5.41, 5.74) is 0.925. The number of rotatable bonds is 3. The number of ether oxygens (including phenoxy) is 1. The molecule has 0 saturated carbocycles. The van der Waals surface area contributed by atoms with Crippen LogP contribution in [0.4, 0.5) is 11.6 Å². The molecule has 2 heterocycles. The molecule has 0 aliphatic carbocycles. The molecule has 0 saturated heterocycles. The molecule has 0 spiro atoms. The lowest BCUT2D eigenvalue weighted by atomic mass is 10.1. The van der Waals surface area contributed by atoms with Crippen LogP contribution in [-0.4, -0.2) is 22.1 Å². The standard InChI is InChI=1S/C14H11BrN4O/c1-20-13-11(15)8-17-14(19-13)18-12-4-2-3-9-7-16-6-5-10(9)12/h2-8H,1H3,(H,17,18,19). The second-order valence-corrected chi connectivity index (χ2v) is 4.93. The number of halogens is 1. The molecule has 20 heavy (non-hydrogen) atoms. The van der Waals surface area contributed by atoms with Gasteiger partial charge in [0, 0.05) is 28.9 Å². The Bertz CT molecular complexity index is 758. The Morgan fingerprint density at radius 2 is 2.10 bits per heavy atom. The summed E-state index contributed by atoms with van der Waals surface area (Å²) in [6.07, 6.45) is 5.24. The zero-order chi connectivity index (χ0) is 13.9. The first-order valence-electron chi connectivity index (χ1n) is 5.94. The molecule has 0 unspecified atom stereocenters. The third-order valence-corrected chi connectivity index (χ3v) is 3.38. The minimum absolute atomic E-state index is 0.481. The van der Waals surface area contributed by atoms with Crippen LogP contribution < -0.4 is 10.1 Å². The summed E-state index contributed by atoms with van der Waals surface area (Å²) in [7, 11) is 1.57. The van der Waals surface area contributed by atoms with E-state index in [2.05, 4.69) is 36.2 Å². The van der Waals surface area contributed by atoms with Crippen LogP contribution in [0.3, 0.4) is 0 Å². The van der Waals surface area contributed by atoms with Crippen molar-refractivity contribution in [1.29, 1.82) is 0 Å². The van der Waals surface area contributed by atoms with Crippen molar-refractivity contribution in [3.63, 3.8) is 0 Å². The van der Waals surface area contributed by atoms with Gasteiger partial charge in [0.2, 0.25) is 11.8 Å². The van der Waals surface area contributed by atoms with Gasteiger partial charge in [0.1, 0.15) is 0 Å². The maximum absolute atomic E-state index is 5.16. The lowest BCUT2D eigenvalue weighted by Crippen LogP contribution is -1.99. The van der Waals surface area contributed by atoms with Gasteiger partial charge in [-0.2, -0.15) is 4.98 Å². The smallest absolute Gasteiger partial charge is 0.232 e. The second-order valence-electron chi connectivity index (χ2n) is 4.08. The summed E-state index contributed by atoms with van der Waals surface area (Å²) in [5.74, 6) is 0.971. The van der Waals surface area contributed by atoms with Crippen LogP contribution in [0.5, 0.6) is 5.88 Å². The summed E-state index contributed by atoms with van der Waals surface area (Å²) in [5, 5.41) is 5.32. The first-order chi connectivity index (χ1) is 9.78. The predicted molar refractivity (Wildman–Crippen MR) is 81.3 cm³/mol. The molecule has 1 N–H and O–H groups in total. The fourth-order valence-corrected chi connectivity index (χ4v) is 2.26. The normalized spacial score (nSPS) is 10.5. The van der Waals surface area contributed by atoms with Crippen LogP contribution in [0.1, 0.15) is 0 Å². The van der Waals surface area contributed by atoms with E-state index in [1.54, 1.807) is 19.5 Å². The first kappa shape index (κ1) is 12.8. The van der Waals surface area contributed by atoms with Crippen molar-refractivity contribution < 1.29 is 4.74 Å². The Kier molecular flexibility index (Phi) is 3.47. The van der Waals surface area contributed by atoms with E-state index in [1.165, 1.54) is 0 Å². The highest BCUT2D eigenvalue weighted by Gasteiger charge is 2.07. The molecule has 3 rings (SSSR count). The van der Waals surface area contributed by atoms with Gasteiger partial charge in [-0.3, -0.25) is 4.98 Å². The van der Waals surface area contributed by atoms with Crippen molar-refractivity contribution in [2.75, 3.05) is 12.4 Å². The SMILES string of the molecule is COc1nc(Nc2cccc3cnccc23)ncc1Br. The topological polar surface area (TPSA) is 59.9 Å². The van der Waals surface area contributed by atoms with Gasteiger partial charge in [0.25, 0.3) is 0 Å². The number of hydrogen-bond donors (Lipinski definition) is 1. The van der Waals surface area contributed by atoms with E-state index in [1.807, 2.05) is 30.5 Å². The van der Waals surface area contributed by atoms with Gasteiger partial charge in [-0.1, -0.05) is 12.1 Å². The van der Waals surface area contributed by atoms with Gasteiger partial charge in [0.05, 0.1) is 17.8 Å². The Balaban J connectivity index is 2.01. The van der Waals surface area contributed by atoms with Crippen molar-refractivity contribution in [2.24, 2.45) is 0 Å². The van der Waals surface area contributed by atoms with Gasteiger partial charge < -0.3 is 10.1 Å². The third kappa shape index (κ3) is 2.42. The van der Waals surface area contributed by atoms with Gasteiger partial charge in [-0.25, -0.2) is 4.98 Å². The van der Waals surface area contributed by atoms with Crippen LogP contribution in [-0.2, 0) is 0 Å². The molecule has 0 atom stereocenters. The van der Waals surface area contributed by atoms with Crippen molar-refractivity contribution in [2.45, 2.75) is 0 Å². The largest absolute Gasteiger partial charge is 0.480 e. The molecule has 5 nitrogen and oxygen atoms in total. The van der Waals surface area contributed by atoms with Crippen LogP contribution in [0.25, 0.3) is 10.8 Å². The minimum Gasteiger partial charge on any atom is -0.480 e. The summed E-state index contributed by atoms with van der Waals surface area (Å²) < 4.78 is 5.88. The number of benzene rings is 1. The number of methoxy groups -OCH3 is 1. The second kappa shape index (κ2) is 5.42. The van der Waals surface area contributed by atoms with Crippen molar-refractivity contribution in [1.82, 2.24) is 15.0 Å². The van der Waals surface area contributed by atoms with E-state index in [0.29, 0.717) is 16.3 Å². The quantitative estimate of drug-likeness (QED) is 0.795. The summed E-state index contributed by atoms with van der Waals surface area (Å²) >= 11 is 3.33. The fraction of sp³-hybridized carbons (Fsp3) is 0.0714. The average molecular weight is 331 g/mol. The molecule has 3 aromatic rings. The Labute approximate surface area is 124 Å². The maximum atomic E-state index is 5.16. The van der Waals surface area contributed by atoms with Crippen molar-refractivity contribution in [3.8, 4) is 5.88 Å². The third-order valence-electron chi connectivity index (χ3n) is 2.83. The Morgan fingerprint density at radius 3 is 2.95 bits per heavy atom. The van der Waals surface area contributed by atoms with E-state index < -0.39 is 0 Å². The zero-order valence-electron chi connectivity index (χ0n) is 10.7.